The molecule has 0 radical (unpaired) electrons. The van der Waals surface area contributed by atoms with Crippen molar-refractivity contribution in [3.8, 4) is 0 Å². The van der Waals surface area contributed by atoms with Crippen LogP contribution in [0, 0.1) is 5.92 Å². The van der Waals surface area contributed by atoms with Gasteiger partial charge < -0.3 is 5.73 Å². The molecule has 2 amide bonds. The molecular formula is C14H24N2O2. The molecule has 0 saturated carbocycles. The second-order valence-electron chi connectivity index (χ2n) is 4.87. The number of nitrogens with zero attached hydrogens (tertiary/aromatic N) is 1. The molecule has 0 bridgehead atoms. The van der Waals surface area contributed by atoms with Crippen LogP contribution in [0.3, 0.4) is 0 Å². The van der Waals surface area contributed by atoms with Gasteiger partial charge >= 0.3 is 0 Å². The van der Waals surface area contributed by atoms with Crippen molar-refractivity contribution in [2.75, 3.05) is 6.54 Å². The van der Waals surface area contributed by atoms with Crippen LogP contribution in [0.4, 0.5) is 0 Å². The van der Waals surface area contributed by atoms with E-state index in [4.69, 9.17) is 5.73 Å². The molecule has 0 fully saturated rings. The van der Waals surface area contributed by atoms with E-state index in [1.54, 1.807) is 0 Å². The number of amides is 2. The minimum atomic E-state index is -0.215. The van der Waals surface area contributed by atoms with Gasteiger partial charge in [0.1, 0.15) is 0 Å². The molecule has 0 aromatic carbocycles. The van der Waals surface area contributed by atoms with Gasteiger partial charge in [-0.3, -0.25) is 14.5 Å². The maximum atomic E-state index is 11.7. The second kappa shape index (κ2) is 7.31. The molecule has 4 nitrogen and oxygen atoms in total. The van der Waals surface area contributed by atoms with Crippen LogP contribution in [0.25, 0.3) is 0 Å². The van der Waals surface area contributed by atoms with E-state index in [9.17, 15) is 9.59 Å². The summed E-state index contributed by atoms with van der Waals surface area (Å²) in [4.78, 5) is 24.8. The van der Waals surface area contributed by atoms with Crippen molar-refractivity contribution in [1.82, 2.24) is 4.90 Å². The van der Waals surface area contributed by atoms with Crippen molar-refractivity contribution >= 4 is 11.8 Å². The zero-order valence-electron chi connectivity index (χ0n) is 11.4. The average Bonchev–Trinajstić information content (AvgIpc) is 2.68. The van der Waals surface area contributed by atoms with E-state index in [1.165, 1.54) is 17.1 Å². The highest BCUT2D eigenvalue weighted by molar-refractivity contribution is 6.13. The Morgan fingerprint density at radius 2 is 1.72 bits per heavy atom. The molecule has 18 heavy (non-hydrogen) atoms. The standard InChI is InChI=1S/C14H24N2O2/c1-3-5-7-11(6-4-2)12(10-15)16-13(17)8-9-14(16)18/h8-9,11-12H,3-7,10,15H2,1-2H3. The maximum Gasteiger partial charge on any atom is 0.253 e. The van der Waals surface area contributed by atoms with Gasteiger partial charge in [0, 0.05) is 18.7 Å². The van der Waals surface area contributed by atoms with E-state index in [0.29, 0.717) is 12.5 Å². The number of carbonyl (C=O) groups excluding carboxylic acids is 2. The second-order valence-corrected chi connectivity index (χ2v) is 4.87. The van der Waals surface area contributed by atoms with Gasteiger partial charge in [-0.25, -0.2) is 0 Å². The molecule has 0 aromatic rings. The van der Waals surface area contributed by atoms with Gasteiger partial charge in [-0.2, -0.15) is 0 Å². The Hall–Kier alpha value is -1.16. The monoisotopic (exact) mass is 252 g/mol. The Morgan fingerprint density at radius 1 is 1.11 bits per heavy atom. The van der Waals surface area contributed by atoms with E-state index >= 15 is 0 Å². The van der Waals surface area contributed by atoms with Crippen molar-refractivity contribution in [2.45, 2.75) is 52.0 Å². The van der Waals surface area contributed by atoms with Gasteiger partial charge in [0.2, 0.25) is 0 Å². The molecule has 0 saturated heterocycles. The first-order valence-corrected chi connectivity index (χ1v) is 6.90. The first-order chi connectivity index (χ1) is 8.65. The SMILES string of the molecule is CCCCC(CCC)C(CN)N1C(=O)C=CC1=O. The molecule has 2 atom stereocenters. The van der Waals surface area contributed by atoms with Crippen LogP contribution in [-0.4, -0.2) is 29.3 Å². The van der Waals surface area contributed by atoms with Crippen LogP contribution in [0.1, 0.15) is 46.0 Å². The summed E-state index contributed by atoms with van der Waals surface area (Å²) in [6, 6.07) is -0.147. The molecular weight excluding hydrogens is 228 g/mol. The third-order valence-corrected chi connectivity index (χ3v) is 3.55. The van der Waals surface area contributed by atoms with Crippen LogP contribution in [0.15, 0.2) is 12.2 Å². The fraction of sp³-hybridized carbons (Fsp3) is 0.714. The molecule has 102 valence electrons. The summed E-state index contributed by atoms with van der Waals surface area (Å²) in [5.74, 6) is -0.103. The van der Waals surface area contributed by atoms with Gasteiger partial charge in [0.05, 0.1) is 6.04 Å². The summed E-state index contributed by atoms with van der Waals surface area (Å²) >= 11 is 0. The molecule has 1 aliphatic rings. The Bertz CT molecular complexity index is 308. The largest absolute Gasteiger partial charge is 0.328 e. The molecule has 1 rings (SSSR count). The predicted octanol–water partition coefficient (Wildman–Crippen LogP) is 1.85. The van der Waals surface area contributed by atoms with Gasteiger partial charge in [-0.05, 0) is 18.8 Å². The van der Waals surface area contributed by atoms with E-state index in [0.717, 1.165) is 32.1 Å². The molecule has 2 unspecified atom stereocenters. The van der Waals surface area contributed by atoms with E-state index in [1.807, 2.05) is 0 Å². The Kier molecular flexibility index (Phi) is 6.05. The average molecular weight is 252 g/mol. The van der Waals surface area contributed by atoms with Crippen molar-refractivity contribution in [1.29, 1.82) is 0 Å². The molecule has 2 N–H and O–H groups in total. The summed E-state index contributed by atoms with van der Waals surface area (Å²) in [7, 11) is 0. The van der Waals surface area contributed by atoms with E-state index in [-0.39, 0.29) is 17.9 Å². The van der Waals surface area contributed by atoms with Crippen molar-refractivity contribution in [3.05, 3.63) is 12.2 Å². The summed E-state index contributed by atoms with van der Waals surface area (Å²) in [5, 5.41) is 0. The number of imide groups is 1. The van der Waals surface area contributed by atoms with Crippen LogP contribution < -0.4 is 5.73 Å². The van der Waals surface area contributed by atoms with Crippen LogP contribution >= 0.6 is 0 Å². The third kappa shape index (κ3) is 3.42. The van der Waals surface area contributed by atoms with Crippen molar-refractivity contribution in [2.24, 2.45) is 11.7 Å². The maximum absolute atomic E-state index is 11.7. The normalized spacial score (nSPS) is 18.5. The number of hydrogen-bond acceptors (Lipinski definition) is 3. The molecule has 1 aliphatic heterocycles. The summed E-state index contributed by atoms with van der Waals surface area (Å²) in [6.45, 7) is 4.63. The Labute approximate surface area is 109 Å². The Morgan fingerprint density at radius 3 is 2.17 bits per heavy atom. The highest BCUT2D eigenvalue weighted by Gasteiger charge is 2.34. The molecule has 1 heterocycles. The van der Waals surface area contributed by atoms with Gasteiger partial charge in [0.25, 0.3) is 11.8 Å². The molecule has 4 heteroatoms. The number of hydrogen-bond donors (Lipinski definition) is 1. The van der Waals surface area contributed by atoms with Gasteiger partial charge in [0.15, 0.2) is 0 Å². The third-order valence-electron chi connectivity index (χ3n) is 3.55. The minimum absolute atomic E-state index is 0.147. The number of nitrogens with two attached hydrogens (primary N) is 1. The predicted molar refractivity (Wildman–Crippen MR) is 71.8 cm³/mol. The number of rotatable bonds is 8. The highest BCUT2D eigenvalue weighted by atomic mass is 16.2. The lowest BCUT2D eigenvalue weighted by Gasteiger charge is -2.32. The molecule has 0 spiro atoms. The smallest absolute Gasteiger partial charge is 0.253 e. The van der Waals surface area contributed by atoms with Gasteiger partial charge in [-0.15, -0.1) is 0 Å². The summed E-state index contributed by atoms with van der Waals surface area (Å²) in [6.07, 6.45) is 8.01. The lowest BCUT2D eigenvalue weighted by atomic mass is 9.88. The highest BCUT2D eigenvalue weighted by Crippen LogP contribution is 2.24. The quantitative estimate of drug-likeness (QED) is 0.670. The summed E-state index contributed by atoms with van der Waals surface area (Å²) < 4.78 is 0. The Balaban J connectivity index is 2.77. The lowest BCUT2D eigenvalue weighted by Crippen LogP contribution is -2.48. The molecule has 0 aromatic heterocycles. The number of unbranched alkanes of at least 4 members (excludes halogenated alkanes) is 1. The fourth-order valence-electron chi connectivity index (χ4n) is 2.61. The van der Waals surface area contributed by atoms with Crippen molar-refractivity contribution in [3.63, 3.8) is 0 Å². The van der Waals surface area contributed by atoms with Crippen LogP contribution in [-0.2, 0) is 9.59 Å². The first kappa shape index (κ1) is 14.9. The fourth-order valence-corrected chi connectivity index (χ4v) is 2.61. The van der Waals surface area contributed by atoms with Gasteiger partial charge in [-0.1, -0.05) is 33.1 Å². The zero-order chi connectivity index (χ0) is 13.5. The van der Waals surface area contributed by atoms with Crippen molar-refractivity contribution < 1.29 is 9.59 Å². The topological polar surface area (TPSA) is 63.4 Å². The molecule has 0 aliphatic carbocycles. The minimum Gasteiger partial charge on any atom is -0.328 e. The van der Waals surface area contributed by atoms with E-state index in [2.05, 4.69) is 13.8 Å². The lowest BCUT2D eigenvalue weighted by molar-refractivity contribution is -0.140. The zero-order valence-corrected chi connectivity index (χ0v) is 11.4. The van der Waals surface area contributed by atoms with E-state index < -0.39 is 0 Å². The van der Waals surface area contributed by atoms with Crippen LogP contribution in [0.2, 0.25) is 0 Å². The van der Waals surface area contributed by atoms with Crippen LogP contribution in [0.5, 0.6) is 0 Å². The number of carbonyl (C=O) groups is 2. The first-order valence-electron chi connectivity index (χ1n) is 6.90. The summed E-state index contributed by atoms with van der Waals surface area (Å²) in [5.41, 5.74) is 5.81.